The van der Waals surface area contributed by atoms with Crippen molar-refractivity contribution >= 4 is 11.9 Å². The van der Waals surface area contributed by atoms with E-state index in [0.29, 0.717) is 0 Å². The first-order chi connectivity index (χ1) is 8.04. The van der Waals surface area contributed by atoms with Crippen LogP contribution < -0.4 is 10.6 Å². The molecular weight excluding hydrogens is 220 g/mol. The van der Waals surface area contributed by atoms with Crippen molar-refractivity contribution in [3.05, 3.63) is 0 Å². The topological polar surface area (TPSA) is 67.4 Å². The number of nitrogens with one attached hydrogen (secondary N) is 2. The molecule has 17 heavy (non-hydrogen) atoms. The lowest BCUT2D eigenvalue weighted by Crippen LogP contribution is -2.55. The molecule has 0 aliphatic carbocycles. The highest BCUT2D eigenvalue weighted by atomic mass is 16.5. The van der Waals surface area contributed by atoms with E-state index >= 15 is 0 Å². The number of carbonyl (C=O) groups excluding carboxylic acids is 2. The van der Waals surface area contributed by atoms with Crippen LogP contribution in [-0.4, -0.2) is 37.1 Å². The molecule has 1 heterocycles. The highest BCUT2D eigenvalue weighted by molar-refractivity contribution is 5.87. The lowest BCUT2D eigenvalue weighted by molar-refractivity contribution is -0.141. The molecule has 2 unspecified atom stereocenters. The van der Waals surface area contributed by atoms with Crippen molar-refractivity contribution < 1.29 is 14.3 Å². The summed E-state index contributed by atoms with van der Waals surface area (Å²) < 4.78 is 4.57. The van der Waals surface area contributed by atoms with Crippen molar-refractivity contribution in [1.82, 2.24) is 10.6 Å². The first-order valence-electron chi connectivity index (χ1n) is 6.17. The van der Waals surface area contributed by atoms with Crippen LogP contribution in [0.15, 0.2) is 0 Å². The Balaban J connectivity index is 2.50. The molecule has 2 atom stereocenters. The Morgan fingerprint density at radius 2 is 2.24 bits per heavy atom. The molecule has 0 radical (unpaired) electrons. The molecule has 1 aliphatic heterocycles. The van der Waals surface area contributed by atoms with Gasteiger partial charge in [0.15, 0.2) is 0 Å². The molecule has 98 valence electrons. The molecule has 2 N–H and O–H groups in total. The van der Waals surface area contributed by atoms with E-state index in [-0.39, 0.29) is 24.3 Å². The molecule has 1 aliphatic rings. The summed E-state index contributed by atoms with van der Waals surface area (Å²) in [4.78, 5) is 23.2. The molecule has 1 saturated heterocycles. The number of amides is 1. The summed E-state index contributed by atoms with van der Waals surface area (Å²) in [5.74, 6) is -0.309. The van der Waals surface area contributed by atoms with Gasteiger partial charge in [-0.25, -0.2) is 0 Å². The fraction of sp³-hybridized carbons (Fsp3) is 0.833. The van der Waals surface area contributed by atoms with Crippen molar-refractivity contribution in [2.75, 3.05) is 13.7 Å². The largest absolute Gasteiger partial charge is 0.469 e. The molecule has 0 saturated carbocycles. The summed E-state index contributed by atoms with van der Waals surface area (Å²) in [6.45, 7) is 4.70. The molecule has 1 amide bonds. The second-order valence-corrected chi connectivity index (χ2v) is 4.62. The third kappa shape index (κ3) is 3.43. The molecule has 0 aromatic carbocycles. The normalized spacial score (nSPS) is 25.4. The SMILES string of the molecule is CCC1(C(=O)NC(C)CC(=O)OC)CCCN1. The summed E-state index contributed by atoms with van der Waals surface area (Å²) in [6, 6.07) is -0.194. The minimum absolute atomic E-state index is 0.00565. The first-order valence-corrected chi connectivity index (χ1v) is 6.17. The van der Waals surface area contributed by atoms with E-state index in [1.54, 1.807) is 0 Å². The van der Waals surface area contributed by atoms with Gasteiger partial charge < -0.3 is 15.4 Å². The lowest BCUT2D eigenvalue weighted by atomic mass is 9.92. The van der Waals surface area contributed by atoms with Gasteiger partial charge in [-0.05, 0) is 32.7 Å². The predicted molar refractivity (Wildman–Crippen MR) is 64.5 cm³/mol. The minimum Gasteiger partial charge on any atom is -0.469 e. The monoisotopic (exact) mass is 242 g/mol. The van der Waals surface area contributed by atoms with Crippen LogP contribution in [0.5, 0.6) is 0 Å². The third-order valence-electron chi connectivity index (χ3n) is 3.36. The second kappa shape index (κ2) is 6.00. The Bertz CT molecular complexity index is 285. The molecule has 1 rings (SSSR count). The molecular formula is C12H22N2O3. The van der Waals surface area contributed by atoms with Gasteiger partial charge in [-0.2, -0.15) is 0 Å². The Hall–Kier alpha value is -1.10. The highest BCUT2D eigenvalue weighted by Gasteiger charge is 2.39. The Kier molecular flexibility index (Phi) is 4.93. The van der Waals surface area contributed by atoms with E-state index in [2.05, 4.69) is 15.4 Å². The van der Waals surface area contributed by atoms with E-state index in [1.807, 2.05) is 13.8 Å². The number of rotatable bonds is 5. The molecule has 0 spiro atoms. The smallest absolute Gasteiger partial charge is 0.307 e. The fourth-order valence-electron chi connectivity index (χ4n) is 2.21. The zero-order valence-corrected chi connectivity index (χ0v) is 10.8. The van der Waals surface area contributed by atoms with Crippen LogP contribution >= 0.6 is 0 Å². The maximum absolute atomic E-state index is 12.2. The van der Waals surface area contributed by atoms with Gasteiger partial charge in [0, 0.05) is 6.04 Å². The zero-order chi connectivity index (χ0) is 12.9. The number of ether oxygens (including phenoxy) is 1. The van der Waals surface area contributed by atoms with Crippen LogP contribution in [-0.2, 0) is 14.3 Å². The van der Waals surface area contributed by atoms with E-state index in [1.165, 1.54) is 7.11 Å². The minimum atomic E-state index is -0.440. The van der Waals surface area contributed by atoms with Gasteiger partial charge >= 0.3 is 5.97 Å². The number of carbonyl (C=O) groups is 2. The first kappa shape index (κ1) is 14.0. The summed E-state index contributed by atoms with van der Waals surface area (Å²) >= 11 is 0. The van der Waals surface area contributed by atoms with Crippen LogP contribution in [0.1, 0.15) is 39.5 Å². The van der Waals surface area contributed by atoms with Crippen LogP contribution in [0.25, 0.3) is 0 Å². The number of hydrogen-bond acceptors (Lipinski definition) is 4. The lowest BCUT2D eigenvalue weighted by Gasteiger charge is -2.28. The van der Waals surface area contributed by atoms with Crippen LogP contribution in [0, 0.1) is 0 Å². The van der Waals surface area contributed by atoms with E-state index in [9.17, 15) is 9.59 Å². The quantitative estimate of drug-likeness (QED) is 0.692. The predicted octanol–water partition coefficient (Wildman–Crippen LogP) is 0.586. The van der Waals surface area contributed by atoms with Gasteiger partial charge in [-0.3, -0.25) is 9.59 Å². The molecule has 5 nitrogen and oxygen atoms in total. The molecule has 0 aromatic heterocycles. The summed E-state index contributed by atoms with van der Waals surface area (Å²) in [7, 11) is 1.35. The summed E-state index contributed by atoms with van der Waals surface area (Å²) in [5.41, 5.74) is -0.440. The maximum Gasteiger partial charge on any atom is 0.307 e. The van der Waals surface area contributed by atoms with E-state index in [0.717, 1.165) is 25.8 Å². The van der Waals surface area contributed by atoms with Crippen LogP contribution in [0.3, 0.4) is 0 Å². The fourth-order valence-corrected chi connectivity index (χ4v) is 2.21. The molecule has 1 fully saturated rings. The Labute approximate surface area is 102 Å². The number of esters is 1. The van der Waals surface area contributed by atoms with E-state index in [4.69, 9.17) is 0 Å². The highest BCUT2D eigenvalue weighted by Crippen LogP contribution is 2.23. The Morgan fingerprint density at radius 3 is 2.71 bits per heavy atom. The standard InChI is InChI=1S/C12H22N2O3/c1-4-12(6-5-7-13-12)11(16)14-9(2)8-10(15)17-3/h9,13H,4-8H2,1-3H3,(H,14,16). The summed E-state index contributed by atoms with van der Waals surface area (Å²) in [5, 5.41) is 6.14. The van der Waals surface area contributed by atoms with Gasteiger partial charge in [0.25, 0.3) is 0 Å². The average Bonchev–Trinajstić information content (AvgIpc) is 2.78. The third-order valence-corrected chi connectivity index (χ3v) is 3.36. The summed E-state index contributed by atoms with van der Waals surface area (Å²) in [6.07, 6.45) is 2.86. The van der Waals surface area contributed by atoms with Crippen molar-refractivity contribution in [3.8, 4) is 0 Å². The van der Waals surface area contributed by atoms with Crippen molar-refractivity contribution in [2.45, 2.75) is 51.1 Å². The van der Waals surface area contributed by atoms with E-state index < -0.39 is 5.54 Å². The van der Waals surface area contributed by atoms with Gasteiger partial charge in [-0.15, -0.1) is 0 Å². The molecule has 0 bridgehead atoms. The zero-order valence-electron chi connectivity index (χ0n) is 10.8. The molecule has 0 aromatic rings. The van der Waals surface area contributed by atoms with Gasteiger partial charge in [0.1, 0.15) is 0 Å². The van der Waals surface area contributed by atoms with Crippen LogP contribution in [0.2, 0.25) is 0 Å². The maximum atomic E-state index is 12.2. The van der Waals surface area contributed by atoms with Crippen molar-refractivity contribution in [1.29, 1.82) is 0 Å². The molecule has 5 heteroatoms. The van der Waals surface area contributed by atoms with Gasteiger partial charge in [0.05, 0.1) is 19.1 Å². The Morgan fingerprint density at radius 1 is 1.53 bits per heavy atom. The number of hydrogen-bond donors (Lipinski definition) is 2. The average molecular weight is 242 g/mol. The van der Waals surface area contributed by atoms with Gasteiger partial charge in [-0.1, -0.05) is 6.92 Å². The van der Waals surface area contributed by atoms with Crippen molar-refractivity contribution in [2.24, 2.45) is 0 Å². The van der Waals surface area contributed by atoms with Crippen LogP contribution in [0.4, 0.5) is 0 Å². The van der Waals surface area contributed by atoms with Crippen molar-refractivity contribution in [3.63, 3.8) is 0 Å². The number of methoxy groups -OCH3 is 1. The second-order valence-electron chi connectivity index (χ2n) is 4.62. The van der Waals surface area contributed by atoms with Gasteiger partial charge in [0.2, 0.25) is 5.91 Å².